The van der Waals surface area contributed by atoms with E-state index >= 15 is 0 Å². The van der Waals surface area contributed by atoms with Gasteiger partial charge >= 0.3 is 6.18 Å². The number of amides is 2. The number of rotatable bonds is 6. The van der Waals surface area contributed by atoms with Crippen LogP contribution in [0.4, 0.5) is 23.2 Å². The molecule has 0 aliphatic carbocycles. The Balaban J connectivity index is 2.00. The number of alkyl halides is 3. The summed E-state index contributed by atoms with van der Waals surface area (Å²) in [6.45, 7) is 2.85. The third kappa shape index (κ3) is 5.31. The molecule has 0 unspecified atom stereocenters. The van der Waals surface area contributed by atoms with Crippen LogP contribution in [-0.2, 0) is 22.2 Å². The van der Waals surface area contributed by atoms with Gasteiger partial charge in [0.1, 0.15) is 11.2 Å². The first-order valence-electron chi connectivity index (χ1n) is 8.52. The Bertz CT molecular complexity index is 846. The van der Waals surface area contributed by atoms with Crippen LogP contribution in [0, 0.1) is 11.2 Å². The maximum absolute atomic E-state index is 13.1. The van der Waals surface area contributed by atoms with E-state index in [1.807, 2.05) is 0 Å². The summed E-state index contributed by atoms with van der Waals surface area (Å²) in [7, 11) is 0. The van der Waals surface area contributed by atoms with E-state index in [-0.39, 0.29) is 12.4 Å². The molecule has 0 saturated heterocycles. The van der Waals surface area contributed by atoms with Gasteiger partial charge in [-0.25, -0.2) is 4.39 Å². The minimum absolute atomic E-state index is 0.195. The molecule has 0 saturated carbocycles. The Morgan fingerprint density at radius 2 is 1.54 bits per heavy atom. The Hall–Kier alpha value is -2.90. The normalized spacial score (nSPS) is 11.8. The van der Waals surface area contributed by atoms with Crippen molar-refractivity contribution < 1.29 is 27.2 Å². The summed E-state index contributed by atoms with van der Waals surface area (Å²) in [5, 5.41) is 4.77. The molecule has 0 radical (unpaired) electrons. The zero-order chi connectivity index (χ0) is 20.9. The van der Waals surface area contributed by atoms with Gasteiger partial charge in [-0.3, -0.25) is 9.59 Å². The standard InChI is InChI=1S/C20H20F4N2O2/c1-19(2,17(27)25-12-11-13-7-9-14(21)10-8-13)18(28)26-16-6-4-3-5-15(16)20(22,23)24/h3-10H,11-12H2,1-2H3,(H,25,27)(H,26,28). The van der Waals surface area contributed by atoms with E-state index in [0.717, 1.165) is 17.7 Å². The molecule has 0 atom stereocenters. The number of para-hydroxylation sites is 1. The number of benzene rings is 2. The Labute approximate surface area is 159 Å². The number of halogens is 4. The van der Waals surface area contributed by atoms with Gasteiger partial charge in [-0.2, -0.15) is 13.2 Å². The predicted molar refractivity (Wildman–Crippen MR) is 97.0 cm³/mol. The van der Waals surface area contributed by atoms with Crippen molar-refractivity contribution in [3.05, 3.63) is 65.5 Å². The number of carbonyl (C=O) groups is 2. The van der Waals surface area contributed by atoms with Crippen molar-refractivity contribution in [1.29, 1.82) is 0 Å². The lowest BCUT2D eigenvalue weighted by Gasteiger charge is -2.24. The molecule has 0 aliphatic rings. The van der Waals surface area contributed by atoms with Crippen molar-refractivity contribution in [2.45, 2.75) is 26.4 Å². The molecule has 4 nitrogen and oxygen atoms in total. The van der Waals surface area contributed by atoms with Crippen molar-refractivity contribution in [2.24, 2.45) is 5.41 Å². The van der Waals surface area contributed by atoms with Crippen LogP contribution >= 0.6 is 0 Å². The van der Waals surface area contributed by atoms with Crippen LogP contribution in [-0.4, -0.2) is 18.4 Å². The van der Waals surface area contributed by atoms with Crippen LogP contribution in [0.1, 0.15) is 25.0 Å². The molecule has 2 aromatic rings. The maximum atomic E-state index is 13.1. The average Bonchev–Trinajstić information content (AvgIpc) is 2.62. The van der Waals surface area contributed by atoms with E-state index in [1.165, 1.54) is 38.1 Å². The highest BCUT2D eigenvalue weighted by molar-refractivity contribution is 6.10. The van der Waals surface area contributed by atoms with Gasteiger partial charge in [0.05, 0.1) is 11.3 Å². The topological polar surface area (TPSA) is 58.2 Å². The smallest absolute Gasteiger partial charge is 0.355 e. The molecule has 2 aromatic carbocycles. The molecular formula is C20H20F4N2O2. The molecule has 2 rings (SSSR count). The van der Waals surface area contributed by atoms with E-state index in [1.54, 1.807) is 12.1 Å². The fraction of sp³-hybridized carbons (Fsp3) is 0.300. The molecule has 150 valence electrons. The van der Waals surface area contributed by atoms with Gasteiger partial charge < -0.3 is 10.6 Å². The molecule has 0 aliphatic heterocycles. The molecule has 0 fully saturated rings. The second-order valence-electron chi connectivity index (χ2n) is 6.75. The second kappa shape index (κ2) is 8.41. The van der Waals surface area contributed by atoms with Crippen LogP contribution in [0.15, 0.2) is 48.5 Å². The first-order valence-corrected chi connectivity index (χ1v) is 8.52. The first kappa shape index (κ1) is 21.4. The lowest BCUT2D eigenvalue weighted by Crippen LogP contribution is -2.45. The quantitative estimate of drug-likeness (QED) is 0.569. The van der Waals surface area contributed by atoms with E-state index in [2.05, 4.69) is 10.6 Å². The zero-order valence-corrected chi connectivity index (χ0v) is 15.4. The molecule has 0 aromatic heterocycles. The molecule has 0 spiro atoms. The second-order valence-corrected chi connectivity index (χ2v) is 6.75. The fourth-order valence-electron chi connectivity index (χ4n) is 2.41. The summed E-state index contributed by atoms with van der Waals surface area (Å²) in [4.78, 5) is 24.8. The molecule has 0 bridgehead atoms. The van der Waals surface area contributed by atoms with Gasteiger partial charge in [0.25, 0.3) is 0 Å². The summed E-state index contributed by atoms with van der Waals surface area (Å²) >= 11 is 0. The Morgan fingerprint density at radius 3 is 2.14 bits per heavy atom. The van der Waals surface area contributed by atoms with Crippen LogP contribution in [0.25, 0.3) is 0 Å². The zero-order valence-electron chi connectivity index (χ0n) is 15.4. The van der Waals surface area contributed by atoms with Crippen LogP contribution in [0.2, 0.25) is 0 Å². The number of carbonyl (C=O) groups excluding carboxylic acids is 2. The van der Waals surface area contributed by atoms with Gasteiger partial charge in [-0.1, -0.05) is 24.3 Å². The highest BCUT2D eigenvalue weighted by Crippen LogP contribution is 2.35. The van der Waals surface area contributed by atoms with Crippen molar-refractivity contribution in [2.75, 3.05) is 11.9 Å². The van der Waals surface area contributed by atoms with Crippen molar-refractivity contribution in [1.82, 2.24) is 5.32 Å². The summed E-state index contributed by atoms with van der Waals surface area (Å²) in [6.07, 6.45) is -4.22. The summed E-state index contributed by atoms with van der Waals surface area (Å²) in [5.41, 5.74) is -2.20. The minimum atomic E-state index is -4.63. The van der Waals surface area contributed by atoms with E-state index in [0.29, 0.717) is 6.42 Å². The predicted octanol–water partition coefficient (Wildman–Crippen LogP) is 4.17. The number of anilines is 1. The molecule has 8 heteroatoms. The third-order valence-electron chi connectivity index (χ3n) is 4.23. The lowest BCUT2D eigenvalue weighted by atomic mass is 9.90. The van der Waals surface area contributed by atoms with E-state index in [9.17, 15) is 27.2 Å². The summed E-state index contributed by atoms with van der Waals surface area (Å²) in [5.74, 6) is -1.86. The first-order chi connectivity index (χ1) is 13.0. The molecule has 2 amide bonds. The average molecular weight is 396 g/mol. The molecule has 0 heterocycles. The van der Waals surface area contributed by atoms with Crippen LogP contribution < -0.4 is 10.6 Å². The monoisotopic (exact) mass is 396 g/mol. The fourth-order valence-corrected chi connectivity index (χ4v) is 2.41. The van der Waals surface area contributed by atoms with Gasteiger partial charge in [0.15, 0.2) is 0 Å². The number of nitrogens with one attached hydrogen (secondary N) is 2. The van der Waals surface area contributed by atoms with Gasteiger partial charge in [-0.05, 0) is 50.1 Å². The molecule has 2 N–H and O–H groups in total. The van der Waals surface area contributed by atoms with Crippen LogP contribution in [0.3, 0.4) is 0 Å². The lowest BCUT2D eigenvalue weighted by molar-refractivity contribution is -0.138. The minimum Gasteiger partial charge on any atom is -0.355 e. The van der Waals surface area contributed by atoms with Crippen molar-refractivity contribution in [3.8, 4) is 0 Å². The van der Waals surface area contributed by atoms with E-state index in [4.69, 9.17) is 0 Å². The number of hydrogen-bond acceptors (Lipinski definition) is 2. The Morgan fingerprint density at radius 1 is 0.929 bits per heavy atom. The molecular weight excluding hydrogens is 376 g/mol. The van der Waals surface area contributed by atoms with Crippen molar-refractivity contribution in [3.63, 3.8) is 0 Å². The SMILES string of the molecule is CC(C)(C(=O)NCCc1ccc(F)cc1)C(=O)Nc1ccccc1C(F)(F)F. The Kier molecular flexibility index (Phi) is 6.43. The maximum Gasteiger partial charge on any atom is 0.418 e. The largest absolute Gasteiger partial charge is 0.418 e. The summed E-state index contributed by atoms with van der Waals surface area (Å²) < 4.78 is 52.0. The highest BCUT2D eigenvalue weighted by Gasteiger charge is 2.38. The van der Waals surface area contributed by atoms with Gasteiger partial charge in [0, 0.05) is 6.54 Å². The van der Waals surface area contributed by atoms with Crippen LogP contribution in [0.5, 0.6) is 0 Å². The highest BCUT2D eigenvalue weighted by atomic mass is 19.4. The summed E-state index contributed by atoms with van der Waals surface area (Å²) in [6, 6.07) is 10.3. The number of hydrogen-bond donors (Lipinski definition) is 2. The van der Waals surface area contributed by atoms with Crippen molar-refractivity contribution >= 4 is 17.5 Å². The molecule has 28 heavy (non-hydrogen) atoms. The van der Waals surface area contributed by atoms with Gasteiger partial charge in [0.2, 0.25) is 11.8 Å². The third-order valence-corrected chi connectivity index (χ3v) is 4.23. The van der Waals surface area contributed by atoms with Gasteiger partial charge in [-0.15, -0.1) is 0 Å². The van der Waals surface area contributed by atoms with E-state index < -0.39 is 34.7 Å².